The number of hydrogen-bond acceptors (Lipinski definition) is 4. The van der Waals surface area contributed by atoms with Crippen LogP contribution < -0.4 is 4.74 Å². The summed E-state index contributed by atoms with van der Waals surface area (Å²) in [5.74, 6) is 0.660. The second-order valence-electron chi connectivity index (χ2n) is 5.64. The molecule has 0 saturated heterocycles. The van der Waals surface area contributed by atoms with Crippen molar-refractivity contribution in [2.75, 3.05) is 6.61 Å². The van der Waals surface area contributed by atoms with E-state index in [4.69, 9.17) is 4.74 Å². The standard InChI is InChI=1S/C20H21N3O2/c1-2-3-9-14-25-19-13-8-7-12-17(19)20(24)18-15-23(22-21-18)16-10-5-4-6-11-16/h2,4-8,10-13,15,20,24H,1,3,9,14H2. The molecular weight excluding hydrogens is 314 g/mol. The Kier molecular flexibility index (Phi) is 5.59. The molecule has 0 bridgehead atoms. The second kappa shape index (κ2) is 8.26. The van der Waals surface area contributed by atoms with Crippen molar-refractivity contribution >= 4 is 0 Å². The van der Waals surface area contributed by atoms with Gasteiger partial charge in [0, 0.05) is 5.56 Å². The van der Waals surface area contributed by atoms with Crippen LogP contribution in [0.1, 0.15) is 30.2 Å². The van der Waals surface area contributed by atoms with Crippen LogP contribution >= 0.6 is 0 Å². The number of allylic oxidation sites excluding steroid dienone is 1. The highest BCUT2D eigenvalue weighted by Gasteiger charge is 2.19. The SMILES string of the molecule is C=CCCCOc1ccccc1C(O)c1cn(-c2ccccc2)nn1. The number of aliphatic hydroxyl groups excluding tert-OH is 1. The van der Waals surface area contributed by atoms with Crippen molar-refractivity contribution in [3.8, 4) is 11.4 Å². The molecule has 0 amide bonds. The Morgan fingerprint density at radius 3 is 2.68 bits per heavy atom. The van der Waals surface area contributed by atoms with Gasteiger partial charge in [0.25, 0.3) is 0 Å². The molecular formula is C20H21N3O2. The van der Waals surface area contributed by atoms with Crippen molar-refractivity contribution < 1.29 is 9.84 Å². The maximum absolute atomic E-state index is 10.7. The number of hydrogen-bond donors (Lipinski definition) is 1. The Morgan fingerprint density at radius 1 is 1.12 bits per heavy atom. The van der Waals surface area contributed by atoms with E-state index in [0.29, 0.717) is 23.6 Å². The van der Waals surface area contributed by atoms with Crippen molar-refractivity contribution in [1.82, 2.24) is 15.0 Å². The lowest BCUT2D eigenvalue weighted by Gasteiger charge is -2.14. The minimum Gasteiger partial charge on any atom is -0.493 e. The molecule has 0 spiro atoms. The van der Waals surface area contributed by atoms with E-state index in [1.165, 1.54) is 0 Å². The molecule has 3 aromatic rings. The first kappa shape index (κ1) is 16.9. The lowest BCUT2D eigenvalue weighted by atomic mass is 10.1. The lowest BCUT2D eigenvalue weighted by Crippen LogP contribution is -2.05. The Balaban J connectivity index is 1.78. The van der Waals surface area contributed by atoms with E-state index >= 15 is 0 Å². The van der Waals surface area contributed by atoms with Crippen molar-refractivity contribution in [2.24, 2.45) is 0 Å². The monoisotopic (exact) mass is 335 g/mol. The molecule has 1 atom stereocenters. The van der Waals surface area contributed by atoms with Gasteiger partial charge in [0.2, 0.25) is 0 Å². The molecule has 0 radical (unpaired) electrons. The summed E-state index contributed by atoms with van der Waals surface area (Å²) in [7, 11) is 0. The fraction of sp³-hybridized carbons (Fsp3) is 0.200. The van der Waals surface area contributed by atoms with Gasteiger partial charge < -0.3 is 9.84 Å². The number of benzene rings is 2. The molecule has 1 aromatic heterocycles. The number of ether oxygens (including phenoxy) is 1. The third-order valence-corrected chi connectivity index (χ3v) is 3.84. The van der Waals surface area contributed by atoms with Gasteiger partial charge in [0.1, 0.15) is 17.5 Å². The summed E-state index contributed by atoms with van der Waals surface area (Å²) < 4.78 is 7.46. The largest absolute Gasteiger partial charge is 0.493 e. The summed E-state index contributed by atoms with van der Waals surface area (Å²) in [6.45, 7) is 4.28. The van der Waals surface area contributed by atoms with Crippen molar-refractivity contribution in [2.45, 2.75) is 18.9 Å². The molecule has 1 unspecified atom stereocenters. The van der Waals surface area contributed by atoms with Crippen LogP contribution in [0.2, 0.25) is 0 Å². The molecule has 0 aliphatic rings. The number of aliphatic hydroxyl groups is 1. The molecule has 0 fully saturated rings. The van der Waals surface area contributed by atoms with Gasteiger partial charge in [-0.25, -0.2) is 4.68 Å². The van der Waals surface area contributed by atoms with E-state index < -0.39 is 6.10 Å². The Labute approximate surface area is 147 Å². The van der Waals surface area contributed by atoms with Gasteiger partial charge in [0.05, 0.1) is 18.5 Å². The number of rotatable bonds is 8. The summed E-state index contributed by atoms with van der Waals surface area (Å²) in [6, 6.07) is 17.1. The van der Waals surface area contributed by atoms with Crippen molar-refractivity contribution in [1.29, 1.82) is 0 Å². The van der Waals surface area contributed by atoms with Gasteiger partial charge >= 0.3 is 0 Å². The van der Waals surface area contributed by atoms with Gasteiger partial charge in [-0.2, -0.15) is 0 Å². The normalized spacial score (nSPS) is 11.9. The predicted octanol–water partition coefficient (Wildman–Crippen LogP) is 3.69. The number of unbranched alkanes of at least 4 members (excludes halogenated alkanes) is 1. The highest BCUT2D eigenvalue weighted by Crippen LogP contribution is 2.29. The molecule has 1 N–H and O–H groups in total. The lowest BCUT2D eigenvalue weighted by molar-refractivity contribution is 0.205. The molecule has 1 heterocycles. The van der Waals surface area contributed by atoms with Crippen LogP contribution in [-0.4, -0.2) is 26.7 Å². The zero-order chi connectivity index (χ0) is 17.5. The first-order valence-corrected chi connectivity index (χ1v) is 8.28. The zero-order valence-electron chi connectivity index (χ0n) is 14.0. The number of para-hydroxylation sites is 2. The molecule has 128 valence electrons. The van der Waals surface area contributed by atoms with E-state index in [2.05, 4.69) is 16.9 Å². The molecule has 0 saturated carbocycles. The smallest absolute Gasteiger partial charge is 0.128 e. The fourth-order valence-corrected chi connectivity index (χ4v) is 2.52. The zero-order valence-corrected chi connectivity index (χ0v) is 14.0. The maximum atomic E-state index is 10.7. The molecule has 5 heteroatoms. The maximum Gasteiger partial charge on any atom is 0.128 e. The van der Waals surface area contributed by atoms with Crippen LogP contribution in [0.15, 0.2) is 73.4 Å². The van der Waals surface area contributed by atoms with Crippen LogP contribution in [0.4, 0.5) is 0 Å². The molecule has 5 nitrogen and oxygen atoms in total. The topological polar surface area (TPSA) is 60.2 Å². The van der Waals surface area contributed by atoms with E-state index in [0.717, 1.165) is 18.5 Å². The summed E-state index contributed by atoms with van der Waals surface area (Å²) >= 11 is 0. The average molecular weight is 335 g/mol. The van der Waals surface area contributed by atoms with Gasteiger partial charge in [-0.1, -0.05) is 47.7 Å². The third-order valence-electron chi connectivity index (χ3n) is 3.84. The van der Waals surface area contributed by atoms with Gasteiger partial charge in [0.15, 0.2) is 0 Å². The Morgan fingerprint density at radius 2 is 1.88 bits per heavy atom. The van der Waals surface area contributed by atoms with E-state index in [1.807, 2.05) is 60.7 Å². The molecule has 3 rings (SSSR count). The first-order chi connectivity index (χ1) is 12.3. The average Bonchev–Trinajstić information content (AvgIpc) is 3.16. The van der Waals surface area contributed by atoms with E-state index in [-0.39, 0.29) is 0 Å². The minimum atomic E-state index is -0.895. The van der Waals surface area contributed by atoms with Crippen LogP contribution in [0.25, 0.3) is 5.69 Å². The van der Waals surface area contributed by atoms with E-state index in [1.54, 1.807) is 10.9 Å². The van der Waals surface area contributed by atoms with Crippen LogP contribution in [0.3, 0.4) is 0 Å². The molecule has 25 heavy (non-hydrogen) atoms. The first-order valence-electron chi connectivity index (χ1n) is 8.28. The van der Waals surface area contributed by atoms with Crippen molar-refractivity contribution in [3.05, 3.63) is 84.7 Å². The van der Waals surface area contributed by atoms with Gasteiger partial charge in [-0.3, -0.25) is 0 Å². The second-order valence-corrected chi connectivity index (χ2v) is 5.64. The third kappa shape index (κ3) is 4.14. The van der Waals surface area contributed by atoms with Crippen molar-refractivity contribution in [3.63, 3.8) is 0 Å². The van der Waals surface area contributed by atoms with Gasteiger partial charge in [-0.15, -0.1) is 11.7 Å². The highest BCUT2D eigenvalue weighted by molar-refractivity contribution is 5.39. The molecule has 2 aromatic carbocycles. The van der Waals surface area contributed by atoms with Crippen LogP contribution in [0.5, 0.6) is 5.75 Å². The quantitative estimate of drug-likeness (QED) is 0.504. The number of nitrogens with zero attached hydrogens (tertiary/aromatic N) is 3. The Hall–Kier alpha value is -2.92. The van der Waals surface area contributed by atoms with E-state index in [9.17, 15) is 5.11 Å². The van der Waals surface area contributed by atoms with Gasteiger partial charge in [-0.05, 0) is 31.0 Å². The summed E-state index contributed by atoms with van der Waals surface area (Å²) in [5.41, 5.74) is 2.05. The Bertz CT molecular complexity index is 815. The summed E-state index contributed by atoms with van der Waals surface area (Å²) in [4.78, 5) is 0. The fourth-order valence-electron chi connectivity index (χ4n) is 2.52. The minimum absolute atomic E-state index is 0.478. The van der Waals surface area contributed by atoms with Crippen LogP contribution in [0, 0.1) is 0 Å². The molecule has 0 aliphatic heterocycles. The molecule has 0 aliphatic carbocycles. The summed E-state index contributed by atoms with van der Waals surface area (Å²) in [5, 5.41) is 18.9. The summed E-state index contributed by atoms with van der Waals surface area (Å²) in [6.07, 6.45) is 4.49. The highest BCUT2D eigenvalue weighted by atomic mass is 16.5. The predicted molar refractivity (Wildman–Crippen MR) is 96.8 cm³/mol. The number of aromatic nitrogens is 3. The van der Waals surface area contributed by atoms with Crippen LogP contribution in [-0.2, 0) is 0 Å².